The second-order valence-electron chi connectivity index (χ2n) is 6.10. The predicted molar refractivity (Wildman–Crippen MR) is 98.9 cm³/mol. The lowest BCUT2D eigenvalue weighted by atomic mass is 10.0. The Balaban J connectivity index is 1.81. The molecule has 0 aromatic heterocycles. The molecule has 0 atom stereocenters. The van der Waals surface area contributed by atoms with E-state index >= 15 is 0 Å². The number of aryl methyl sites for hydroxylation is 1. The van der Waals surface area contributed by atoms with E-state index in [0.717, 1.165) is 17.7 Å². The zero-order valence-corrected chi connectivity index (χ0v) is 15.3. The first-order valence-electron chi connectivity index (χ1n) is 8.44. The van der Waals surface area contributed by atoms with Gasteiger partial charge in [-0.1, -0.05) is 25.1 Å². The number of carbonyl (C=O) groups is 1. The number of carbonyl (C=O) groups excluding carboxylic acids is 1. The van der Waals surface area contributed by atoms with Gasteiger partial charge in [-0.25, -0.2) is 4.79 Å². The molecule has 0 unspecified atom stereocenters. The normalized spacial score (nSPS) is 13.4. The molecule has 0 aliphatic heterocycles. The molecular formula is C20H22O4S. The maximum absolute atomic E-state index is 11.4. The van der Waals surface area contributed by atoms with Crippen molar-refractivity contribution in [1.82, 2.24) is 0 Å². The van der Waals surface area contributed by atoms with Gasteiger partial charge in [-0.2, -0.15) is 0 Å². The van der Waals surface area contributed by atoms with Gasteiger partial charge in [0.25, 0.3) is 0 Å². The summed E-state index contributed by atoms with van der Waals surface area (Å²) in [5, 5.41) is 0. The number of rotatable bonds is 6. The topological polar surface area (TPSA) is 44.8 Å². The fourth-order valence-electron chi connectivity index (χ4n) is 2.74. The molecule has 1 saturated carbocycles. The van der Waals surface area contributed by atoms with Gasteiger partial charge in [0.1, 0.15) is 18.1 Å². The third-order valence-corrected chi connectivity index (χ3v) is 4.76. The van der Waals surface area contributed by atoms with Crippen molar-refractivity contribution in [2.75, 3.05) is 7.11 Å². The van der Waals surface area contributed by atoms with Gasteiger partial charge in [0, 0.05) is 10.5 Å². The minimum atomic E-state index is -0.758. The van der Waals surface area contributed by atoms with E-state index in [4.69, 9.17) is 9.47 Å². The van der Waals surface area contributed by atoms with Crippen molar-refractivity contribution in [1.29, 1.82) is 0 Å². The number of methoxy groups -OCH3 is 1. The van der Waals surface area contributed by atoms with Crippen LogP contribution in [0.15, 0.2) is 41.3 Å². The van der Waals surface area contributed by atoms with E-state index in [1.165, 1.54) is 31.1 Å². The highest BCUT2D eigenvalue weighted by Gasteiger charge is 2.27. The summed E-state index contributed by atoms with van der Waals surface area (Å²) in [5.41, 5.74) is 3.31. The molecule has 2 aromatic carbocycles. The quantitative estimate of drug-likeness (QED) is 0.441. The Morgan fingerprint density at radius 1 is 1.20 bits per heavy atom. The summed E-state index contributed by atoms with van der Waals surface area (Å²) in [7, 11) is 1.28. The molecule has 0 saturated heterocycles. The number of hydrogen-bond acceptors (Lipinski definition) is 5. The minimum absolute atomic E-state index is 0.275. The van der Waals surface area contributed by atoms with Gasteiger partial charge in [0.2, 0.25) is 0 Å². The number of ether oxygens (including phenoxy) is 3. The number of thiol groups is 1. The van der Waals surface area contributed by atoms with E-state index in [2.05, 4.69) is 36.4 Å². The van der Waals surface area contributed by atoms with E-state index in [0.29, 0.717) is 16.6 Å². The van der Waals surface area contributed by atoms with Crippen LogP contribution in [0.4, 0.5) is 4.79 Å². The average Bonchev–Trinajstić information content (AvgIpc) is 3.46. The average molecular weight is 358 g/mol. The Kier molecular flexibility index (Phi) is 5.53. The number of hydrogen-bond donors (Lipinski definition) is 1. The van der Waals surface area contributed by atoms with Crippen LogP contribution in [0.3, 0.4) is 0 Å². The molecular weight excluding hydrogens is 336 g/mol. The minimum Gasteiger partial charge on any atom is -0.488 e. The summed E-state index contributed by atoms with van der Waals surface area (Å²) in [4.78, 5) is 12.1. The molecule has 132 valence electrons. The molecule has 0 bridgehead atoms. The van der Waals surface area contributed by atoms with Crippen molar-refractivity contribution in [3.05, 3.63) is 53.1 Å². The van der Waals surface area contributed by atoms with Crippen LogP contribution in [-0.2, 0) is 17.8 Å². The second-order valence-corrected chi connectivity index (χ2v) is 6.58. The first-order valence-corrected chi connectivity index (χ1v) is 8.89. The van der Waals surface area contributed by atoms with E-state index < -0.39 is 6.16 Å². The third-order valence-electron chi connectivity index (χ3n) is 4.34. The zero-order chi connectivity index (χ0) is 17.8. The molecule has 1 aliphatic rings. The van der Waals surface area contributed by atoms with E-state index in [1.54, 1.807) is 12.1 Å². The largest absolute Gasteiger partial charge is 0.513 e. The fourth-order valence-corrected chi connectivity index (χ4v) is 3.00. The fraction of sp³-hybridized carbons (Fsp3) is 0.350. The van der Waals surface area contributed by atoms with Crippen molar-refractivity contribution in [2.45, 2.75) is 43.6 Å². The van der Waals surface area contributed by atoms with Crippen molar-refractivity contribution in [3.8, 4) is 11.5 Å². The predicted octanol–water partition coefficient (Wildman–Crippen LogP) is 5.14. The highest BCUT2D eigenvalue weighted by atomic mass is 32.1. The summed E-state index contributed by atoms with van der Waals surface area (Å²) in [6, 6.07) is 11.7. The molecule has 3 rings (SSSR count). The molecule has 25 heavy (non-hydrogen) atoms. The summed E-state index contributed by atoms with van der Waals surface area (Å²) < 4.78 is 15.8. The molecule has 1 aliphatic carbocycles. The van der Waals surface area contributed by atoms with Gasteiger partial charge in [-0.15, -0.1) is 12.6 Å². The zero-order valence-electron chi connectivity index (χ0n) is 14.5. The van der Waals surface area contributed by atoms with E-state index in [-0.39, 0.29) is 6.61 Å². The maximum atomic E-state index is 11.4. The lowest BCUT2D eigenvalue weighted by molar-refractivity contribution is 0.120. The Morgan fingerprint density at radius 3 is 2.68 bits per heavy atom. The van der Waals surface area contributed by atoms with Crippen LogP contribution in [0.5, 0.6) is 11.5 Å². The van der Waals surface area contributed by atoms with Crippen LogP contribution in [0.1, 0.15) is 42.4 Å². The van der Waals surface area contributed by atoms with E-state index in [9.17, 15) is 4.79 Å². The molecule has 0 N–H and O–H groups in total. The summed E-state index contributed by atoms with van der Waals surface area (Å²) in [6.45, 7) is 2.43. The third kappa shape index (κ3) is 4.28. The first kappa shape index (κ1) is 17.7. The molecule has 4 nitrogen and oxygen atoms in total. The van der Waals surface area contributed by atoms with Gasteiger partial charge in [-0.3, -0.25) is 0 Å². The Bertz CT molecular complexity index is 768. The van der Waals surface area contributed by atoms with Gasteiger partial charge >= 0.3 is 6.16 Å². The van der Waals surface area contributed by atoms with Crippen LogP contribution >= 0.6 is 12.6 Å². The van der Waals surface area contributed by atoms with Crippen LogP contribution in [0.25, 0.3) is 0 Å². The lowest BCUT2D eigenvalue weighted by Gasteiger charge is -2.15. The molecule has 1 fully saturated rings. The lowest BCUT2D eigenvalue weighted by Crippen LogP contribution is -2.10. The van der Waals surface area contributed by atoms with Crippen molar-refractivity contribution in [3.63, 3.8) is 0 Å². The molecule has 0 radical (unpaired) electrons. The van der Waals surface area contributed by atoms with Crippen molar-refractivity contribution >= 4 is 18.8 Å². The monoisotopic (exact) mass is 358 g/mol. The Morgan fingerprint density at radius 2 is 2.00 bits per heavy atom. The molecule has 0 heterocycles. The smallest absolute Gasteiger partial charge is 0.488 e. The second kappa shape index (κ2) is 7.83. The molecule has 5 heteroatoms. The van der Waals surface area contributed by atoms with Crippen LogP contribution in [-0.4, -0.2) is 13.3 Å². The SMILES string of the molecule is CCc1ccc(OCc2c(S)cccc2OC(=O)OC)c(C2CC2)c1. The van der Waals surface area contributed by atoms with Gasteiger partial charge in [0.05, 0.1) is 7.11 Å². The first-order chi connectivity index (χ1) is 12.1. The van der Waals surface area contributed by atoms with Crippen molar-refractivity contribution < 1.29 is 19.0 Å². The Hall–Kier alpha value is -2.14. The maximum Gasteiger partial charge on any atom is 0.513 e. The summed E-state index contributed by atoms with van der Waals surface area (Å²) in [6.07, 6.45) is 2.68. The van der Waals surface area contributed by atoms with Crippen LogP contribution in [0, 0.1) is 0 Å². The summed E-state index contributed by atoms with van der Waals surface area (Å²) in [5.74, 6) is 1.89. The van der Waals surface area contributed by atoms with Crippen LogP contribution in [0.2, 0.25) is 0 Å². The standard InChI is InChI=1S/C20H22O4S/c1-3-13-7-10-17(15(11-13)14-8-9-14)23-12-16-18(24-20(21)22-2)5-4-6-19(16)25/h4-7,10-11,14,25H,3,8-9,12H2,1-2H3. The summed E-state index contributed by atoms with van der Waals surface area (Å²) >= 11 is 4.46. The molecule has 2 aromatic rings. The van der Waals surface area contributed by atoms with Gasteiger partial charge in [-0.05, 0) is 54.5 Å². The van der Waals surface area contributed by atoms with Crippen molar-refractivity contribution in [2.24, 2.45) is 0 Å². The highest BCUT2D eigenvalue weighted by Crippen LogP contribution is 2.45. The van der Waals surface area contributed by atoms with E-state index in [1.807, 2.05) is 12.1 Å². The Labute approximate surface area is 153 Å². The van der Waals surface area contributed by atoms with Crippen LogP contribution < -0.4 is 9.47 Å². The highest BCUT2D eigenvalue weighted by molar-refractivity contribution is 7.80. The van der Waals surface area contributed by atoms with Gasteiger partial charge < -0.3 is 14.2 Å². The molecule has 0 spiro atoms. The molecule has 0 amide bonds. The van der Waals surface area contributed by atoms with Gasteiger partial charge in [0.15, 0.2) is 0 Å². The number of benzene rings is 2.